The molecule has 0 amide bonds. The van der Waals surface area contributed by atoms with Crippen molar-refractivity contribution in [2.45, 2.75) is 38.8 Å². The van der Waals surface area contributed by atoms with Crippen LogP contribution in [0.15, 0.2) is 24.3 Å². The Hall–Kier alpha value is -1.50. The van der Waals surface area contributed by atoms with E-state index in [1.807, 2.05) is 16.8 Å². The minimum absolute atomic E-state index is 0.110. The molecule has 2 aromatic rings. The fourth-order valence-electron chi connectivity index (χ4n) is 3.46. The van der Waals surface area contributed by atoms with Gasteiger partial charge in [0.05, 0.1) is 12.6 Å². The van der Waals surface area contributed by atoms with E-state index in [9.17, 15) is 0 Å². The van der Waals surface area contributed by atoms with E-state index < -0.39 is 0 Å². The molecule has 1 aliphatic rings. The predicted molar refractivity (Wildman–Crippen MR) is 98.0 cm³/mol. The molecular weight excluding hydrogens is 336 g/mol. The van der Waals surface area contributed by atoms with Crippen LogP contribution < -0.4 is 9.80 Å². The second-order valence-corrected chi connectivity index (χ2v) is 8.15. The van der Waals surface area contributed by atoms with Gasteiger partial charge >= 0.3 is 0 Å². The molecule has 2 N–H and O–H groups in total. The van der Waals surface area contributed by atoms with Gasteiger partial charge in [0.25, 0.3) is 0 Å². The lowest BCUT2D eigenvalue weighted by atomic mass is 9.99. The highest BCUT2D eigenvalue weighted by atomic mass is 35.5. The maximum absolute atomic E-state index is 6.12. The Bertz CT molecular complexity index is 688. The van der Waals surface area contributed by atoms with Crippen molar-refractivity contribution in [1.29, 1.82) is 0 Å². The number of nitrogens with one attached hydrogen (secondary N) is 2. The molecule has 1 aromatic heterocycles. The molecule has 1 atom stereocenters. The van der Waals surface area contributed by atoms with E-state index in [1.165, 1.54) is 10.5 Å². The number of tetrazole rings is 1. The van der Waals surface area contributed by atoms with Crippen LogP contribution in [0.5, 0.6) is 0 Å². The van der Waals surface area contributed by atoms with E-state index in [2.05, 4.69) is 55.5 Å². The number of likely N-dealkylation sites (N-methyl/N-ethyl adjacent to an activating group) is 1. The third-order valence-corrected chi connectivity index (χ3v) is 5.80. The topological polar surface area (TPSA) is 52.5 Å². The molecule has 0 aliphatic carbocycles. The molecule has 1 fully saturated rings. The first-order valence-electron chi connectivity index (χ1n) is 9.12. The molecule has 1 aliphatic heterocycles. The summed E-state index contributed by atoms with van der Waals surface area (Å²) < 4.78 is 2.02. The Morgan fingerprint density at radius 3 is 2.40 bits per heavy atom. The molecule has 1 saturated heterocycles. The average Bonchev–Trinajstić information content (AvgIpc) is 3.09. The second kappa shape index (κ2) is 7.40. The molecule has 1 aromatic carbocycles. The van der Waals surface area contributed by atoms with E-state index >= 15 is 0 Å². The van der Waals surface area contributed by atoms with Gasteiger partial charge in [0, 0.05) is 10.6 Å². The molecular formula is C18H29ClN6+2. The Labute approximate surface area is 154 Å². The van der Waals surface area contributed by atoms with Gasteiger partial charge in [-0.05, 0) is 42.8 Å². The summed E-state index contributed by atoms with van der Waals surface area (Å²) in [7, 11) is 2.26. The predicted octanol–water partition coefficient (Wildman–Crippen LogP) is -0.0258. The minimum atomic E-state index is -0.110. The van der Waals surface area contributed by atoms with Gasteiger partial charge in [-0.25, -0.2) is 4.68 Å². The van der Waals surface area contributed by atoms with Crippen molar-refractivity contribution >= 4 is 11.6 Å². The lowest BCUT2D eigenvalue weighted by Gasteiger charge is -2.34. The zero-order chi connectivity index (χ0) is 18.0. The van der Waals surface area contributed by atoms with Crippen LogP contribution in [-0.2, 0) is 5.54 Å². The van der Waals surface area contributed by atoms with Crippen LogP contribution in [-0.4, -0.2) is 53.4 Å². The van der Waals surface area contributed by atoms with Crippen LogP contribution in [0.25, 0.3) is 0 Å². The second-order valence-electron chi connectivity index (χ2n) is 7.71. The number of rotatable bonds is 5. The van der Waals surface area contributed by atoms with Crippen molar-refractivity contribution in [3.63, 3.8) is 0 Å². The molecule has 2 heterocycles. The number of nitrogens with zero attached hydrogens (tertiary/aromatic N) is 4. The maximum Gasteiger partial charge on any atom is 0.214 e. The minimum Gasteiger partial charge on any atom is -0.328 e. The SMILES string of the molecule is CCC(C)(C)n1nnnc1[C@H](c1ccc(Cl)cc1)[NH+]1CC[NH+](C)CC1. The third-order valence-electron chi connectivity index (χ3n) is 5.55. The number of aromatic nitrogens is 4. The quantitative estimate of drug-likeness (QED) is 0.783. The first kappa shape index (κ1) is 18.3. The average molecular weight is 365 g/mol. The van der Waals surface area contributed by atoms with Crippen LogP contribution in [0.3, 0.4) is 0 Å². The Balaban J connectivity index is 2.03. The van der Waals surface area contributed by atoms with E-state index in [4.69, 9.17) is 11.6 Å². The van der Waals surface area contributed by atoms with E-state index in [-0.39, 0.29) is 11.6 Å². The van der Waals surface area contributed by atoms with Crippen LogP contribution in [0.1, 0.15) is 44.6 Å². The molecule has 6 nitrogen and oxygen atoms in total. The molecule has 0 spiro atoms. The van der Waals surface area contributed by atoms with Crippen molar-refractivity contribution in [3.05, 3.63) is 40.7 Å². The summed E-state index contributed by atoms with van der Waals surface area (Å²) in [4.78, 5) is 3.11. The molecule has 3 rings (SSSR count). The Morgan fingerprint density at radius 1 is 1.16 bits per heavy atom. The lowest BCUT2D eigenvalue weighted by molar-refractivity contribution is -1.02. The summed E-state index contributed by atoms with van der Waals surface area (Å²) in [5.74, 6) is 0.948. The molecule has 7 heteroatoms. The molecule has 0 bridgehead atoms. The van der Waals surface area contributed by atoms with E-state index in [0.29, 0.717) is 0 Å². The smallest absolute Gasteiger partial charge is 0.214 e. The van der Waals surface area contributed by atoms with Gasteiger partial charge < -0.3 is 9.80 Å². The van der Waals surface area contributed by atoms with Gasteiger partial charge in [-0.1, -0.05) is 30.7 Å². The van der Waals surface area contributed by atoms with Gasteiger partial charge in [-0.3, -0.25) is 0 Å². The molecule has 0 saturated carbocycles. The van der Waals surface area contributed by atoms with E-state index in [0.717, 1.165) is 43.4 Å². The van der Waals surface area contributed by atoms with Gasteiger partial charge in [0.1, 0.15) is 26.2 Å². The number of hydrogen-bond acceptors (Lipinski definition) is 3. The first-order valence-corrected chi connectivity index (χ1v) is 9.50. The maximum atomic E-state index is 6.12. The standard InChI is InChI=1S/C18H27ClN6/c1-5-18(2,3)25-17(20-21-22-25)16(14-6-8-15(19)9-7-14)24-12-10-23(4)11-13-24/h6-9,16H,5,10-13H2,1-4H3/p+2/t16-/m0/s1. The largest absolute Gasteiger partial charge is 0.328 e. The Kier molecular flexibility index (Phi) is 5.41. The van der Waals surface area contributed by atoms with Crippen molar-refractivity contribution in [2.75, 3.05) is 33.2 Å². The summed E-state index contributed by atoms with van der Waals surface area (Å²) >= 11 is 6.12. The van der Waals surface area contributed by atoms with Crippen LogP contribution in [0.4, 0.5) is 0 Å². The third kappa shape index (κ3) is 3.86. The van der Waals surface area contributed by atoms with Gasteiger partial charge in [0.2, 0.25) is 5.82 Å². The van der Waals surface area contributed by atoms with E-state index in [1.54, 1.807) is 4.90 Å². The molecule has 0 unspecified atom stereocenters. The van der Waals surface area contributed by atoms with Crippen molar-refractivity contribution in [2.24, 2.45) is 0 Å². The summed E-state index contributed by atoms with van der Waals surface area (Å²) in [5.41, 5.74) is 1.11. The van der Waals surface area contributed by atoms with Crippen LogP contribution >= 0.6 is 11.6 Å². The normalized spacial score (nSPS) is 22.8. The molecule has 25 heavy (non-hydrogen) atoms. The zero-order valence-electron chi connectivity index (χ0n) is 15.6. The van der Waals surface area contributed by atoms with Crippen molar-refractivity contribution in [3.8, 4) is 0 Å². The van der Waals surface area contributed by atoms with Crippen LogP contribution in [0.2, 0.25) is 5.02 Å². The fraction of sp³-hybridized carbons (Fsp3) is 0.611. The van der Waals surface area contributed by atoms with Gasteiger partial charge in [0.15, 0.2) is 6.04 Å². The van der Waals surface area contributed by atoms with Gasteiger partial charge in [-0.15, -0.1) is 5.10 Å². The first-order chi connectivity index (χ1) is 11.9. The highest BCUT2D eigenvalue weighted by Gasteiger charge is 2.37. The van der Waals surface area contributed by atoms with Gasteiger partial charge in [-0.2, -0.15) is 0 Å². The number of quaternary nitrogens is 2. The fourth-order valence-corrected chi connectivity index (χ4v) is 3.59. The molecule has 136 valence electrons. The highest BCUT2D eigenvalue weighted by molar-refractivity contribution is 6.30. The van der Waals surface area contributed by atoms with Crippen molar-refractivity contribution in [1.82, 2.24) is 20.2 Å². The monoisotopic (exact) mass is 364 g/mol. The summed E-state index contributed by atoms with van der Waals surface area (Å²) in [5, 5.41) is 13.6. The number of hydrogen-bond donors (Lipinski definition) is 2. The highest BCUT2D eigenvalue weighted by Crippen LogP contribution is 2.25. The summed E-state index contributed by atoms with van der Waals surface area (Å²) in [6, 6.07) is 8.28. The zero-order valence-corrected chi connectivity index (χ0v) is 16.3. The summed E-state index contributed by atoms with van der Waals surface area (Å²) in [6.07, 6.45) is 0.973. The van der Waals surface area contributed by atoms with Crippen molar-refractivity contribution < 1.29 is 9.80 Å². The lowest BCUT2D eigenvalue weighted by Crippen LogP contribution is -3.27. The number of benzene rings is 1. The summed E-state index contributed by atoms with van der Waals surface area (Å²) in [6.45, 7) is 11.1. The number of halogens is 1. The number of piperazine rings is 1. The Morgan fingerprint density at radius 2 is 1.80 bits per heavy atom. The molecule has 0 radical (unpaired) electrons. The van der Waals surface area contributed by atoms with Crippen LogP contribution in [0, 0.1) is 0 Å².